The van der Waals surface area contributed by atoms with Crippen LogP contribution in [0.5, 0.6) is 0 Å². The smallest absolute Gasteiger partial charge is 0.314 e. The Morgan fingerprint density at radius 3 is 1.68 bits per heavy atom. The van der Waals surface area contributed by atoms with E-state index < -0.39 is 57.1 Å². The number of halogens is 1. The second kappa shape index (κ2) is 14.1. The van der Waals surface area contributed by atoms with Crippen molar-refractivity contribution in [2.24, 2.45) is 0 Å². The van der Waals surface area contributed by atoms with Crippen LogP contribution in [0.2, 0.25) is 0 Å². The third kappa shape index (κ3) is 11.2. The molecule has 0 radical (unpaired) electrons. The average molecular weight is 584 g/mol. The van der Waals surface area contributed by atoms with E-state index in [0.29, 0.717) is 6.42 Å². The molecule has 0 aliphatic heterocycles. The number of aromatic nitrogens is 6. The van der Waals surface area contributed by atoms with Crippen molar-refractivity contribution in [2.45, 2.75) is 36.0 Å². The molecule has 0 fully saturated rings. The summed E-state index contributed by atoms with van der Waals surface area (Å²) in [6.07, 6.45) is 5.51. The molecule has 3 rings (SSSR count). The highest BCUT2D eigenvalue weighted by atomic mass is 35.7. The Balaban J connectivity index is 0.000000297. The molecule has 3 aromatic rings. The number of hydrogen-bond acceptors (Lipinski definition) is 10. The largest absolute Gasteiger partial charge is 0.325 e. The predicted molar refractivity (Wildman–Crippen MR) is 131 cm³/mol. The van der Waals surface area contributed by atoms with Crippen LogP contribution in [0.15, 0.2) is 63.2 Å². The topological polar surface area (TPSA) is 277 Å². The van der Waals surface area contributed by atoms with Gasteiger partial charge >= 0.3 is 17.1 Å². The van der Waals surface area contributed by atoms with E-state index in [1.165, 1.54) is 12.3 Å². The van der Waals surface area contributed by atoms with E-state index in [-0.39, 0.29) is 12.1 Å². The van der Waals surface area contributed by atoms with Crippen LogP contribution in [0.1, 0.15) is 26.2 Å². The van der Waals surface area contributed by atoms with Gasteiger partial charge in [0.2, 0.25) is 10.0 Å². The van der Waals surface area contributed by atoms with Gasteiger partial charge in [-0.15, -0.1) is 0 Å². The first-order valence-electron chi connectivity index (χ1n) is 10.0. The molecule has 0 aliphatic rings. The second-order valence-electron chi connectivity index (χ2n) is 6.71. The summed E-state index contributed by atoms with van der Waals surface area (Å²) in [5, 5.41) is 0. The quantitative estimate of drug-likeness (QED) is 0.114. The third-order valence-electron chi connectivity index (χ3n) is 3.88. The number of rotatable bonds is 7. The van der Waals surface area contributed by atoms with Crippen LogP contribution in [-0.4, -0.2) is 53.3 Å². The fourth-order valence-electron chi connectivity index (χ4n) is 2.22. The number of aromatic amines is 6. The lowest BCUT2D eigenvalue weighted by molar-refractivity contribution is 0.573. The van der Waals surface area contributed by atoms with Gasteiger partial charge in [0.25, 0.3) is 25.7 Å². The minimum atomic E-state index is -4.09. The molecular formula is C17H22ClN7O10S2. The van der Waals surface area contributed by atoms with Crippen molar-refractivity contribution in [3.8, 4) is 0 Å². The molecule has 0 aromatic carbocycles. The van der Waals surface area contributed by atoms with Crippen LogP contribution < -0.4 is 38.5 Å². The lowest BCUT2D eigenvalue weighted by Crippen LogP contribution is -2.33. The molecule has 37 heavy (non-hydrogen) atoms. The SMILES string of the molecule is CCCCCNS(=O)(=O)c1c[nH]c(=O)[nH]c1=O.O=c1[nH]cc(S(=O)(=O)Cl)c(=O)[nH]1.O=c1cc[nH]c(=O)[nH]1. The van der Waals surface area contributed by atoms with Gasteiger partial charge in [-0.1, -0.05) is 19.8 Å². The highest BCUT2D eigenvalue weighted by Crippen LogP contribution is 2.05. The standard InChI is InChI=1S/C9H15N3O4S.C4H3ClN2O4S.C4H4N2O2/c1-2-3-4-5-11-17(15,16)7-6-10-9(14)12-8(7)13;5-12(10,11)2-1-6-4(9)7-3(2)8;7-3-1-2-5-4(8)6-3/h6,11H,2-5H2,1H3,(H2,10,12,13,14);1H,(H2,6,7,8,9);1-2H,(H2,5,6,7,8). The van der Waals surface area contributed by atoms with E-state index in [0.717, 1.165) is 25.2 Å². The lowest BCUT2D eigenvalue weighted by atomic mass is 10.3. The summed E-state index contributed by atoms with van der Waals surface area (Å²) in [5.41, 5.74) is -4.33. The minimum Gasteiger partial charge on any atom is -0.314 e. The van der Waals surface area contributed by atoms with Gasteiger partial charge in [-0.05, 0) is 6.42 Å². The molecule has 0 saturated carbocycles. The van der Waals surface area contributed by atoms with Gasteiger partial charge in [-0.2, -0.15) is 0 Å². The Kier molecular flexibility index (Phi) is 11.9. The first kappa shape index (κ1) is 31.2. The Labute approximate surface area is 210 Å². The van der Waals surface area contributed by atoms with Crippen molar-refractivity contribution < 1.29 is 16.8 Å². The van der Waals surface area contributed by atoms with E-state index in [9.17, 15) is 45.6 Å². The maximum atomic E-state index is 11.7. The predicted octanol–water partition coefficient (Wildman–Crippen LogP) is -2.41. The number of nitrogens with one attached hydrogen (secondary N) is 7. The number of hydrogen-bond donors (Lipinski definition) is 7. The highest BCUT2D eigenvalue weighted by molar-refractivity contribution is 8.13. The maximum absolute atomic E-state index is 11.7. The lowest BCUT2D eigenvalue weighted by Gasteiger charge is -2.04. The summed E-state index contributed by atoms with van der Waals surface area (Å²) in [6.45, 7) is 2.27. The van der Waals surface area contributed by atoms with Gasteiger partial charge in [0, 0.05) is 41.9 Å². The van der Waals surface area contributed by atoms with Crippen LogP contribution in [0.4, 0.5) is 0 Å². The summed E-state index contributed by atoms with van der Waals surface area (Å²) < 4.78 is 46.8. The third-order valence-corrected chi connectivity index (χ3v) is 6.67. The Hall–Kier alpha value is -3.81. The van der Waals surface area contributed by atoms with Crippen LogP contribution in [0.25, 0.3) is 0 Å². The van der Waals surface area contributed by atoms with Crippen LogP contribution >= 0.6 is 10.7 Å². The molecule has 0 aliphatic carbocycles. The van der Waals surface area contributed by atoms with Crippen LogP contribution in [0, 0.1) is 0 Å². The first-order chi connectivity index (χ1) is 17.2. The van der Waals surface area contributed by atoms with Gasteiger partial charge in [-0.3, -0.25) is 29.3 Å². The first-order valence-corrected chi connectivity index (χ1v) is 13.8. The van der Waals surface area contributed by atoms with Crippen molar-refractivity contribution in [3.05, 3.63) is 87.2 Å². The van der Waals surface area contributed by atoms with E-state index in [2.05, 4.69) is 14.7 Å². The van der Waals surface area contributed by atoms with E-state index in [1.807, 2.05) is 21.9 Å². The molecule has 20 heteroatoms. The second-order valence-corrected chi connectivity index (χ2v) is 11.0. The van der Waals surface area contributed by atoms with Crippen molar-refractivity contribution in [1.29, 1.82) is 0 Å². The van der Waals surface area contributed by atoms with Gasteiger partial charge < -0.3 is 15.0 Å². The molecule has 204 valence electrons. The molecule has 0 saturated heterocycles. The maximum Gasteiger partial charge on any atom is 0.325 e. The van der Waals surface area contributed by atoms with Gasteiger partial charge in [0.05, 0.1) is 0 Å². The molecule has 7 N–H and O–H groups in total. The molecule has 3 aromatic heterocycles. The number of sulfonamides is 1. The highest BCUT2D eigenvalue weighted by Gasteiger charge is 2.17. The van der Waals surface area contributed by atoms with Gasteiger partial charge in [0.1, 0.15) is 0 Å². The van der Waals surface area contributed by atoms with Crippen LogP contribution in [-0.2, 0) is 19.1 Å². The molecule has 17 nitrogen and oxygen atoms in total. The minimum absolute atomic E-state index is 0.273. The van der Waals surface area contributed by atoms with Crippen molar-refractivity contribution in [2.75, 3.05) is 6.54 Å². The van der Waals surface area contributed by atoms with Crippen molar-refractivity contribution in [1.82, 2.24) is 34.6 Å². The van der Waals surface area contributed by atoms with E-state index in [4.69, 9.17) is 10.7 Å². The summed E-state index contributed by atoms with van der Waals surface area (Å²) >= 11 is 0. The summed E-state index contributed by atoms with van der Waals surface area (Å²) in [4.78, 5) is 74.4. The Morgan fingerprint density at radius 2 is 1.27 bits per heavy atom. The Morgan fingerprint density at radius 1 is 0.757 bits per heavy atom. The normalized spacial score (nSPS) is 11.0. The van der Waals surface area contributed by atoms with Crippen molar-refractivity contribution in [3.63, 3.8) is 0 Å². The van der Waals surface area contributed by atoms with E-state index >= 15 is 0 Å². The van der Waals surface area contributed by atoms with Crippen molar-refractivity contribution >= 4 is 29.8 Å². The molecule has 0 spiro atoms. The summed E-state index contributed by atoms with van der Waals surface area (Å²) in [6, 6.07) is 1.24. The summed E-state index contributed by atoms with van der Waals surface area (Å²) in [7, 11) is -3.10. The molecule has 0 amide bonds. The average Bonchev–Trinajstić information content (AvgIpc) is 2.76. The Bertz CT molecular complexity index is 1720. The zero-order valence-corrected chi connectivity index (χ0v) is 21.3. The monoisotopic (exact) mass is 583 g/mol. The number of unbranched alkanes of at least 4 members (excludes halogenated alkanes) is 2. The zero-order valence-electron chi connectivity index (χ0n) is 18.9. The fraction of sp³-hybridized carbons (Fsp3) is 0.294. The van der Waals surface area contributed by atoms with Crippen LogP contribution in [0.3, 0.4) is 0 Å². The summed E-state index contributed by atoms with van der Waals surface area (Å²) in [5.74, 6) is 0. The molecule has 0 bridgehead atoms. The number of H-pyrrole nitrogens is 6. The fourth-order valence-corrected chi connectivity index (χ4v) is 4.11. The van der Waals surface area contributed by atoms with E-state index in [1.54, 1.807) is 4.98 Å². The molecular weight excluding hydrogens is 562 g/mol. The van der Waals surface area contributed by atoms with Gasteiger partial charge in [-0.25, -0.2) is 35.9 Å². The molecule has 0 atom stereocenters. The zero-order chi connectivity index (χ0) is 28.2. The molecule has 0 unspecified atom stereocenters. The molecule has 3 heterocycles. The van der Waals surface area contributed by atoms with Gasteiger partial charge in [0.15, 0.2) is 9.79 Å².